The van der Waals surface area contributed by atoms with Crippen LogP contribution in [0.15, 0.2) is 0 Å². The molecular weight excluding hydrogens is 366 g/mol. The van der Waals surface area contributed by atoms with E-state index in [4.69, 9.17) is 4.74 Å². The number of carbonyl (C=O) groups excluding carboxylic acids is 2. The third kappa shape index (κ3) is 5.52. The SMILES string of the molecule is O=C(CCC1CCCC1)N1CCC(N2CCC(C(=O)N3CCOCC3)CC2)CC1. The molecule has 164 valence electrons. The number of ether oxygens (including phenoxy) is 1. The maximum Gasteiger partial charge on any atom is 0.225 e. The molecule has 0 radical (unpaired) electrons. The van der Waals surface area contributed by atoms with Crippen molar-refractivity contribution < 1.29 is 14.3 Å². The fraction of sp³-hybridized carbons (Fsp3) is 0.913. The Kier molecular flexibility index (Phi) is 7.46. The number of likely N-dealkylation sites (tertiary alicyclic amines) is 2. The lowest BCUT2D eigenvalue weighted by Crippen LogP contribution is -2.51. The van der Waals surface area contributed by atoms with Gasteiger partial charge in [-0.3, -0.25) is 9.59 Å². The molecular formula is C23H39N3O3. The summed E-state index contributed by atoms with van der Waals surface area (Å²) < 4.78 is 5.37. The number of morpholine rings is 1. The summed E-state index contributed by atoms with van der Waals surface area (Å²) in [4.78, 5) is 32.0. The molecule has 6 heteroatoms. The molecule has 2 amide bonds. The fourth-order valence-electron chi connectivity index (χ4n) is 5.82. The van der Waals surface area contributed by atoms with Gasteiger partial charge in [0.1, 0.15) is 0 Å². The van der Waals surface area contributed by atoms with Gasteiger partial charge in [-0.1, -0.05) is 25.7 Å². The van der Waals surface area contributed by atoms with Gasteiger partial charge in [-0.15, -0.1) is 0 Å². The van der Waals surface area contributed by atoms with E-state index in [9.17, 15) is 9.59 Å². The molecule has 6 nitrogen and oxygen atoms in total. The lowest BCUT2D eigenvalue weighted by Gasteiger charge is -2.42. The first-order valence-electron chi connectivity index (χ1n) is 12.1. The highest BCUT2D eigenvalue weighted by molar-refractivity contribution is 5.79. The summed E-state index contributed by atoms with van der Waals surface area (Å²) in [6.45, 7) is 6.77. The van der Waals surface area contributed by atoms with Crippen LogP contribution in [0.3, 0.4) is 0 Å². The Bertz CT molecular complexity index is 542. The van der Waals surface area contributed by atoms with Gasteiger partial charge in [0.15, 0.2) is 0 Å². The van der Waals surface area contributed by atoms with Gasteiger partial charge in [-0.05, 0) is 51.1 Å². The van der Waals surface area contributed by atoms with Crippen LogP contribution in [-0.2, 0) is 14.3 Å². The van der Waals surface area contributed by atoms with Crippen molar-refractivity contribution in [2.75, 3.05) is 52.5 Å². The Morgan fingerprint density at radius 3 is 2.07 bits per heavy atom. The van der Waals surface area contributed by atoms with Crippen LogP contribution in [-0.4, -0.2) is 85.0 Å². The summed E-state index contributed by atoms with van der Waals surface area (Å²) in [5, 5.41) is 0. The van der Waals surface area contributed by atoms with E-state index in [1.165, 1.54) is 25.7 Å². The number of rotatable bonds is 5. The van der Waals surface area contributed by atoms with E-state index in [-0.39, 0.29) is 5.92 Å². The van der Waals surface area contributed by atoms with Crippen LogP contribution >= 0.6 is 0 Å². The van der Waals surface area contributed by atoms with Crippen molar-refractivity contribution in [1.82, 2.24) is 14.7 Å². The van der Waals surface area contributed by atoms with Crippen LogP contribution in [0, 0.1) is 11.8 Å². The average molecular weight is 406 g/mol. The number of amides is 2. The first-order valence-corrected chi connectivity index (χ1v) is 12.1. The predicted molar refractivity (Wildman–Crippen MR) is 112 cm³/mol. The standard InChI is InChI=1S/C23H39N3O3/c27-22(6-5-19-3-1-2-4-19)25-13-9-21(10-14-25)24-11-7-20(8-12-24)23(28)26-15-17-29-18-16-26/h19-21H,1-18H2. The third-order valence-corrected chi connectivity index (χ3v) is 7.78. The molecule has 3 saturated heterocycles. The molecule has 4 aliphatic rings. The number of hydrogen-bond donors (Lipinski definition) is 0. The molecule has 0 unspecified atom stereocenters. The number of nitrogens with zero attached hydrogens (tertiary/aromatic N) is 3. The zero-order valence-electron chi connectivity index (χ0n) is 18.0. The van der Waals surface area contributed by atoms with Crippen molar-refractivity contribution >= 4 is 11.8 Å². The number of hydrogen-bond acceptors (Lipinski definition) is 4. The zero-order chi connectivity index (χ0) is 20.1. The van der Waals surface area contributed by atoms with Crippen molar-refractivity contribution in [3.8, 4) is 0 Å². The van der Waals surface area contributed by atoms with E-state index in [0.717, 1.165) is 83.7 Å². The van der Waals surface area contributed by atoms with Gasteiger partial charge in [0, 0.05) is 44.6 Å². The summed E-state index contributed by atoms with van der Waals surface area (Å²) in [6.07, 6.45) is 11.4. The highest BCUT2D eigenvalue weighted by Gasteiger charge is 2.33. The second-order valence-corrected chi connectivity index (χ2v) is 9.55. The topological polar surface area (TPSA) is 53.1 Å². The van der Waals surface area contributed by atoms with Gasteiger partial charge in [0.05, 0.1) is 13.2 Å². The Morgan fingerprint density at radius 2 is 1.41 bits per heavy atom. The third-order valence-electron chi connectivity index (χ3n) is 7.78. The van der Waals surface area contributed by atoms with E-state index in [1.54, 1.807) is 0 Å². The van der Waals surface area contributed by atoms with Crippen LogP contribution in [0.25, 0.3) is 0 Å². The Balaban J connectivity index is 1.15. The Labute approximate surface area is 175 Å². The minimum absolute atomic E-state index is 0.196. The lowest BCUT2D eigenvalue weighted by molar-refractivity contribution is -0.141. The largest absolute Gasteiger partial charge is 0.378 e. The fourth-order valence-corrected chi connectivity index (χ4v) is 5.82. The molecule has 0 aromatic rings. The van der Waals surface area contributed by atoms with E-state index in [0.29, 0.717) is 31.1 Å². The number of carbonyl (C=O) groups is 2. The molecule has 1 saturated carbocycles. The van der Waals surface area contributed by atoms with Gasteiger partial charge in [-0.2, -0.15) is 0 Å². The molecule has 0 aromatic carbocycles. The summed E-state index contributed by atoms with van der Waals surface area (Å²) >= 11 is 0. The molecule has 4 rings (SSSR count). The second-order valence-electron chi connectivity index (χ2n) is 9.55. The van der Waals surface area contributed by atoms with E-state index < -0.39 is 0 Å². The molecule has 29 heavy (non-hydrogen) atoms. The highest BCUT2D eigenvalue weighted by Crippen LogP contribution is 2.29. The first-order chi connectivity index (χ1) is 14.2. The molecule has 0 bridgehead atoms. The molecule has 0 spiro atoms. The van der Waals surface area contributed by atoms with Crippen LogP contribution in [0.2, 0.25) is 0 Å². The lowest BCUT2D eigenvalue weighted by atomic mass is 9.92. The van der Waals surface area contributed by atoms with Gasteiger partial charge >= 0.3 is 0 Å². The van der Waals surface area contributed by atoms with Crippen LogP contribution in [0.5, 0.6) is 0 Å². The molecule has 3 heterocycles. The molecule has 0 atom stereocenters. The van der Waals surface area contributed by atoms with Crippen LogP contribution < -0.4 is 0 Å². The monoisotopic (exact) mass is 405 g/mol. The van der Waals surface area contributed by atoms with E-state index in [1.807, 2.05) is 4.90 Å². The summed E-state index contributed by atoms with van der Waals surface area (Å²) in [6, 6.07) is 0.591. The van der Waals surface area contributed by atoms with Crippen molar-refractivity contribution in [1.29, 1.82) is 0 Å². The molecule has 0 N–H and O–H groups in total. The van der Waals surface area contributed by atoms with Gasteiger partial charge in [0.25, 0.3) is 0 Å². The second kappa shape index (κ2) is 10.3. The van der Waals surface area contributed by atoms with E-state index >= 15 is 0 Å². The summed E-state index contributed by atoms with van der Waals surface area (Å²) in [7, 11) is 0. The van der Waals surface area contributed by atoms with Gasteiger partial charge in [-0.25, -0.2) is 0 Å². The van der Waals surface area contributed by atoms with Gasteiger partial charge in [0.2, 0.25) is 11.8 Å². The Hall–Kier alpha value is -1.14. The van der Waals surface area contributed by atoms with Crippen molar-refractivity contribution in [3.63, 3.8) is 0 Å². The first kappa shape index (κ1) is 21.1. The Morgan fingerprint density at radius 1 is 0.759 bits per heavy atom. The normalized spacial score (nSPS) is 26.2. The maximum absolute atomic E-state index is 12.7. The van der Waals surface area contributed by atoms with Crippen molar-refractivity contribution in [2.45, 2.75) is 70.3 Å². The maximum atomic E-state index is 12.7. The molecule has 0 aromatic heterocycles. The molecule has 1 aliphatic carbocycles. The minimum Gasteiger partial charge on any atom is -0.378 e. The molecule has 3 aliphatic heterocycles. The van der Waals surface area contributed by atoms with Gasteiger partial charge < -0.3 is 19.4 Å². The highest BCUT2D eigenvalue weighted by atomic mass is 16.5. The van der Waals surface area contributed by atoms with Crippen LogP contribution in [0.1, 0.15) is 64.2 Å². The smallest absolute Gasteiger partial charge is 0.225 e. The quantitative estimate of drug-likeness (QED) is 0.705. The van der Waals surface area contributed by atoms with Crippen LogP contribution in [0.4, 0.5) is 0 Å². The summed E-state index contributed by atoms with van der Waals surface area (Å²) in [5.41, 5.74) is 0. The predicted octanol–water partition coefficient (Wildman–Crippen LogP) is 2.52. The average Bonchev–Trinajstić information content (AvgIpc) is 3.31. The van der Waals surface area contributed by atoms with Crippen molar-refractivity contribution in [3.05, 3.63) is 0 Å². The minimum atomic E-state index is 0.196. The van der Waals surface area contributed by atoms with E-state index in [2.05, 4.69) is 9.80 Å². The van der Waals surface area contributed by atoms with Crippen molar-refractivity contribution in [2.24, 2.45) is 11.8 Å². The number of piperidine rings is 2. The summed E-state index contributed by atoms with van der Waals surface area (Å²) in [5.74, 6) is 1.72. The zero-order valence-corrected chi connectivity index (χ0v) is 18.0. The molecule has 4 fully saturated rings.